The molecular formula is C67H82Br2O6P2. The van der Waals surface area contributed by atoms with Crippen LogP contribution in [0.3, 0.4) is 0 Å². The standard InChI is InChI=1S/C67H82O6P2.2BrH/c1-2-3-4-5-6-7-8-9-10-11-12-13-14-15-34-51-65(68)71-56-58(73-67(70)53-36-38-55-75(62-45-28-19-29-46-62,63-47-30-20-31-48-63)64-49-32-21-33-50-64)57-72-66(69)52-35-37-54-74(59-39-22-16-23-40-59,60-41-24-17-25-42-60)61-43-26-18-27-44-61;;/h6-7,9-10,16-33,39-50,58H,2-5,8,11-15,34-38,51-57H2,1H3;2*1H/q+2;;/p-2/b7-6-,10-9-;;. The van der Waals surface area contributed by atoms with Crippen LogP contribution >= 0.6 is 14.5 Å². The Hall–Kier alpha value is -4.97. The lowest BCUT2D eigenvalue weighted by molar-refractivity contribution is -0.167. The Morgan fingerprint density at radius 3 is 1.03 bits per heavy atom. The average molecular weight is 1210 g/mol. The van der Waals surface area contributed by atoms with Crippen molar-refractivity contribution in [2.45, 2.75) is 129 Å². The number of carbonyl (C=O) groups excluding carboxylic acids is 3. The fourth-order valence-electron chi connectivity index (χ4n) is 9.96. The Balaban J connectivity index is 0.00000640. The number of carbonyl (C=O) groups is 3. The Labute approximate surface area is 484 Å². The molecule has 0 aliphatic carbocycles. The van der Waals surface area contributed by atoms with Gasteiger partial charge in [0.1, 0.15) is 59.6 Å². The van der Waals surface area contributed by atoms with Gasteiger partial charge in [0.05, 0.1) is 12.3 Å². The molecule has 0 saturated carbocycles. The molecule has 0 aromatic heterocycles. The van der Waals surface area contributed by atoms with Gasteiger partial charge in [0.25, 0.3) is 0 Å². The molecule has 0 amide bonds. The molecular weight excluding hydrogens is 1120 g/mol. The van der Waals surface area contributed by atoms with E-state index in [1.807, 2.05) is 0 Å². The molecule has 0 aliphatic heterocycles. The van der Waals surface area contributed by atoms with Gasteiger partial charge in [0.2, 0.25) is 0 Å². The Morgan fingerprint density at radius 2 is 0.675 bits per heavy atom. The number of halogens is 2. The van der Waals surface area contributed by atoms with Gasteiger partial charge in [0, 0.05) is 19.3 Å². The molecule has 0 fully saturated rings. The van der Waals surface area contributed by atoms with Crippen LogP contribution in [0, 0.1) is 0 Å². The lowest BCUT2D eigenvalue weighted by Gasteiger charge is -2.27. The zero-order valence-electron chi connectivity index (χ0n) is 45.4. The van der Waals surface area contributed by atoms with Gasteiger partial charge >= 0.3 is 17.9 Å². The molecule has 0 N–H and O–H groups in total. The first-order valence-electron chi connectivity index (χ1n) is 27.9. The van der Waals surface area contributed by atoms with Gasteiger partial charge in [0.15, 0.2) is 6.10 Å². The highest BCUT2D eigenvalue weighted by Crippen LogP contribution is 2.57. The number of esters is 3. The summed E-state index contributed by atoms with van der Waals surface area (Å²) in [5.41, 5.74) is 0. The lowest BCUT2D eigenvalue weighted by Crippen LogP contribution is -3.00. The number of unbranched alkanes of at least 4 members (excludes halogenated alkanes) is 10. The Morgan fingerprint density at radius 1 is 0.377 bits per heavy atom. The van der Waals surface area contributed by atoms with Crippen molar-refractivity contribution in [1.29, 1.82) is 0 Å². The average Bonchev–Trinajstić information content (AvgIpc) is 3.46. The smallest absolute Gasteiger partial charge is 0.306 e. The first kappa shape index (κ1) is 64.6. The van der Waals surface area contributed by atoms with E-state index >= 15 is 0 Å². The van der Waals surface area contributed by atoms with Gasteiger partial charge in [-0.05, 0) is 137 Å². The van der Waals surface area contributed by atoms with Crippen molar-refractivity contribution in [3.05, 3.63) is 206 Å². The number of rotatable bonds is 35. The number of ether oxygens (including phenoxy) is 3. The van der Waals surface area contributed by atoms with Crippen molar-refractivity contribution in [3.63, 3.8) is 0 Å². The normalized spacial score (nSPS) is 11.9. The van der Waals surface area contributed by atoms with E-state index in [1.54, 1.807) is 0 Å². The lowest BCUT2D eigenvalue weighted by atomic mass is 10.1. The third-order valence-electron chi connectivity index (χ3n) is 13.9. The van der Waals surface area contributed by atoms with Gasteiger partial charge in [-0.1, -0.05) is 173 Å². The van der Waals surface area contributed by atoms with Gasteiger partial charge in [-0.15, -0.1) is 0 Å². The van der Waals surface area contributed by atoms with Crippen molar-refractivity contribution in [2.24, 2.45) is 0 Å². The number of hydrogen-bond donors (Lipinski definition) is 0. The summed E-state index contributed by atoms with van der Waals surface area (Å²) >= 11 is 0. The number of allylic oxidation sites excluding steroid dienone is 4. The first-order chi connectivity index (χ1) is 37.0. The van der Waals surface area contributed by atoms with E-state index < -0.39 is 26.6 Å². The number of benzene rings is 6. The van der Waals surface area contributed by atoms with Crippen LogP contribution in [0.15, 0.2) is 206 Å². The molecule has 1 unspecified atom stereocenters. The van der Waals surface area contributed by atoms with E-state index in [9.17, 15) is 14.4 Å². The summed E-state index contributed by atoms with van der Waals surface area (Å²) in [6.45, 7) is 1.89. The maximum atomic E-state index is 13.7. The molecule has 0 radical (unpaired) electrons. The van der Waals surface area contributed by atoms with Crippen LogP contribution in [0.1, 0.15) is 122 Å². The maximum absolute atomic E-state index is 13.7. The third kappa shape index (κ3) is 21.3. The summed E-state index contributed by atoms with van der Waals surface area (Å²) in [6, 6.07) is 64.5. The largest absolute Gasteiger partial charge is 1.00 e. The minimum Gasteiger partial charge on any atom is -1.00 e. The molecule has 6 nitrogen and oxygen atoms in total. The monoisotopic (exact) mass is 1200 g/mol. The Bertz CT molecular complexity index is 2370. The summed E-state index contributed by atoms with van der Waals surface area (Å²) in [6.07, 6.45) is 25.6. The molecule has 0 spiro atoms. The minimum atomic E-state index is -2.05. The summed E-state index contributed by atoms with van der Waals surface area (Å²) in [4.78, 5) is 40.2. The minimum absolute atomic E-state index is 0. The second-order valence-corrected chi connectivity index (χ2v) is 26.7. The SMILES string of the molecule is CCCCC/C=C\C/C=C\CCCCCCCC(=O)OCC(COC(=O)CCCC[P+](c1ccccc1)(c1ccccc1)c1ccccc1)OC(=O)CCCC[P+](c1ccccc1)(c1ccccc1)c1ccccc1.[Br-].[Br-]. The van der Waals surface area contributed by atoms with E-state index in [-0.39, 0.29) is 72.0 Å². The molecule has 0 saturated heterocycles. The molecule has 77 heavy (non-hydrogen) atoms. The predicted octanol–water partition coefficient (Wildman–Crippen LogP) is 8.13. The van der Waals surface area contributed by atoms with Crippen LogP contribution in [0.2, 0.25) is 0 Å². The van der Waals surface area contributed by atoms with Crippen LogP contribution in [-0.4, -0.2) is 49.5 Å². The zero-order valence-corrected chi connectivity index (χ0v) is 50.3. The van der Waals surface area contributed by atoms with Crippen molar-refractivity contribution < 1.29 is 62.6 Å². The van der Waals surface area contributed by atoms with E-state index in [0.717, 1.165) is 70.1 Å². The molecule has 0 bridgehead atoms. The van der Waals surface area contributed by atoms with Crippen molar-refractivity contribution >= 4 is 64.3 Å². The Kier molecular flexibility index (Phi) is 31.7. The van der Waals surface area contributed by atoms with Crippen LogP contribution in [-0.2, 0) is 28.6 Å². The topological polar surface area (TPSA) is 78.9 Å². The highest BCUT2D eigenvalue weighted by molar-refractivity contribution is 7.96. The molecule has 6 aromatic rings. The van der Waals surface area contributed by atoms with Crippen LogP contribution < -0.4 is 65.8 Å². The van der Waals surface area contributed by atoms with Crippen LogP contribution in [0.25, 0.3) is 0 Å². The summed E-state index contributed by atoms with van der Waals surface area (Å²) in [7, 11) is -4.08. The second-order valence-electron chi connectivity index (χ2n) is 19.5. The molecule has 0 heterocycles. The van der Waals surface area contributed by atoms with Crippen LogP contribution in [0.4, 0.5) is 0 Å². The highest BCUT2D eigenvalue weighted by atomic mass is 79.9. The quantitative estimate of drug-likeness (QED) is 0.0132. The second kappa shape index (κ2) is 37.8. The summed E-state index contributed by atoms with van der Waals surface area (Å²) in [5, 5.41) is 7.84. The van der Waals surface area contributed by atoms with E-state index in [4.69, 9.17) is 14.2 Å². The van der Waals surface area contributed by atoms with Crippen molar-refractivity contribution in [3.8, 4) is 0 Å². The van der Waals surface area contributed by atoms with Crippen molar-refractivity contribution in [1.82, 2.24) is 0 Å². The fraction of sp³-hybridized carbons (Fsp3) is 0.358. The molecule has 0 aliphatic rings. The van der Waals surface area contributed by atoms with E-state index in [0.29, 0.717) is 19.3 Å². The maximum Gasteiger partial charge on any atom is 0.306 e. The first-order valence-corrected chi connectivity index (χ1v) is 31.8. The van der Waals surface area contributed by atoms with Gasteiger partial charge in [-0.25, -0.2) is 0 Å². The van der Waals surface area contributed by atoms with Crippen LogP contribution in [0.5, 0.6) is 0 Å². The molecule has 6 aromatic carbocycles. The highest BCUT2D eigenvalue weighted by Gasteiger charge is 2.46. The molecule has 6 rings (SSSR count). The van der Waals surface area contributed by atoms with E-state index in [1.165, 1.54) is 57.5 Å². The third-order valence-corrected chi connectivity index (χ3v) is 23.0. The molecule has 410 valence electrons. The molecule has 10 heteroatoms. The van der Waals surface area contributed by atoms with Gasteiger partial charge in [-0.3, -0.25) is 14.4 Å². The molecule has 1 atom stereocenters. The van der Waals surface area contributed by atoms with Gasteiger partial charge in [-0.2, -0.15) is 0 Å². The fourth-order valence-corrected chi connectivity index (χ4v) is 18.8. The zero-order chi connectivity index (χ0) is 52.5. The van der Waals surface area contributed by atoms with E-state index in [2.05, 4.69) is 213 Å². The number of hydrogen-bond acceptors (Lipinski definition) is 6. The van der Waals surface area contributed by atoms with Gasteiger partial charge < -0.3 is 48.2 Å². The summed E-state index contributed by atoms with van der Waals surface area (Å²) < 4.78 is 17.5. The predicted molar refractivity (Wildman–Crippen MR) is 319 cm³/mol. The van der Waals surface area contributed by atoms with Crippen molar-refractivity contribution in [2.75, 3.05) is 25.5 Å². The summed E-state index contributed by atoms with van der Waals surface area (Å²) in [5.74, 6) is -1.09.